The van der Waals surface area contributed by atoms with E-state index in [9.17, 15) is 18.0 Å². The molecule has 0 bridgehead atoms. The highest BCUT2D eigenvalue weighted by Gasteiger charge is 2.19. The summed E-state index contributed by atoms with van der Waals surface area (Å²) in [6.45, 7) is 1.60. The van der Waals surface area contributed by atoms with Crippen LogP contribution in [-0.4, -0.2) is 23.4 Å². The maximum Gasteiger partial charge on any atom is 0.314 e. The van der Waals surface area contributed by atoms with Gasteiger partial charge in [-0.05, 0) is 59.8 Å². The van der Waals surface area contributed by atoms with Crippen LogP contribution in [0.3, 0.4) is 0 Å². The SMILES string of the molecule is Cc1cc2[nH]c(=O)c(=O)[nH]c2cc1S(=O)(=O)Nc1ccc(-c2ccc3cc[nH]c3c2)c(Cl)c1. The van der Waals surface area contributed by atoms with Crippen molar-refractivity contribution >= 4 is 49.2 Å². The van der Waals surface area contributed by atoms with E-state index in [-0.39, 0.29) is 10.4 Å². The third-order valence-electron chi connectivity index (χ3n) is 5.39. The minimum absolute atomic E-state index is 0.0323. The van der Waals surface area contributed by atoms with Gasteiger partial charge in [0.1, 0.15) is 0 Å². The summed E-state index contributed by atoms with van der Waals surface area (Å²) in [4.78, 5) is 31.1. The van der Waals surface area contributed by atoms with E-state index in [1.54, 1.807) is 25.1 Å². The molecule has 0 aliphatic heterocycles. The van der Waals surface area contributed by atoms with E-state index < -0.39 is 21.1 Å². The van der Waals surface area contributed by atoms with Crippen LogP contribution >= 0.6 is 11.6 Å². The predicted molar refractivity (Wildman–Crippen MR) is 129 cm³/mol. The Bertz CT molecular complexity index is 1780. The van der Waals surface area contributed by atoms with E-state index in [0.29, 0.717) is 21.8 Å². The van der Waals surface area contributed by atoms with E-state index in [1.165, 1.54) is 12.1 Å². The molecule has 3 aromatic carbocycles. The van der Waals surface area contributed by atoms with Crippen LogP contribution in [0.15, 0.2) is 75.3 Å². The Morgan fingerprint density at radius 1 is 0.848 bits per heavy atom. The lowest BCUT2D eigenvalue weighted by Gasteiger charge is -2.13. The molecule has 4 N–H and O–H groups in total. The van der Waals surface area contributed by atoms with Gasteiger partial charge in [-0.25, -0.2) is 8.42 Å². The number of aromatic amines is 3. The summed E-state index contributed by atoms with van der Waals surface area (Å²) in [6.07, 6.45) is 1.86. The molecule has 5 aromatic rings. The van der Waals surface area contributed by atoms with Gasteiger partial charge in [0.15, 0.2) is 0 Å². The molecule has 2 aromatic heterocycles. The Morgan fingerprint density at radius 2 is 1.58 bits per heavy atom. The van der Waals surface area contributed by atoms with E-state index in [2.05, 4.69) is 19.7 Å². The van der Waals surface area contributed by atoms with Crippen LogP contribution in [0.2, 0.25) is 5.02 Å². The van der Waals surface area contributed by atoms with Gasteiger partial charge in [0, 0.05) is 17.3 Å². The molecule has 5 rings (SSSR count). The third-order valence-corrected chi connectivity index (χ3v) is 7.23. The second kappa shape index (κ2) is 7.65. The Kier molecular flexibility index (Phi) is 4.88. The fraction of sp³-hybridized carbons (Fsp3) is 0.0435. The van der Waals surface area contributed by atoms with Crippen molar-refractivity contribution in [2.75, 3.05) is 4.72 Å². The molecule has 0 saturated heterocycles. The van der Waals surface area contributed by atoms with E-state index in [0.717, 1.165) is 22.0 Å². The van der Waals surface area contributed by atoms with Crippen LogP contribution < -0.4 is 15.8 Å². The molecule has 0 spiro atoms. The number of fused-ring (bicyclic) bond motifs is 2. The van der Waals surface area contributed by atoms with Gasteiger partial charge in [-0.3, -0.25) is 14.3 Å². The molecule has 0 saturated carbocycles. The molecule has 33 heavy (non-hydrogen) atoms. The maximum absolute atomic E-state index is 13.1. The first kappa shape index (κ1) is 21.0. The standard InChI is InChI=1S/C23H17ClN4O4S/c1-12-8-19-20(27-23(30)22(29)26-19)11-21(12)33(31,32)28-15-4-5-16(17(24)10-15)14-3-2-13-6-7-25-18(13)9-14/h2-11,25,28H,1H3,(H,26,29)(H,27,30). The van der Waals surface area contributed by atoms with Crippen LogP contribution in [-0.2, 0) is 10.0 Å². The summed E-state index contributed by atoms with van der Waals surface area (Å²) in [7, 11) is -4.00. The van der Waals surface area contributed by atoms with Crippen LogP contribution in [0.25, 0.3) is 33.1 Å². The molecule has 0 unspecified atom stereocenters. The van der Waals surface area contributed by atoms with E-state index >= 15 is 0 Å². The average Bonchev–Trinajstić information content (AvgIpc) is 3.22. The van der Waals surface area contributed by atoms with Crippen LogP contribution in [0, 0.1) is 6.92 Å². The first-order valence-electron chi connectivity index (χ1n) is 9.88. The summed E-state index contributed by atoms with van der Waals surface area (Å²) in [5.41, 5.74) is 2.20. The smallest absolute Gasteiger partial charge is 0.314 e. The zero-order valence-corrected chi connectivity index (χ0v) is 18.8. The first-order chi connectivity index (χ1) is 15.7. The second-order valence-corrected chi connectivity index (χ2v) is 9.71. The Morgan fingerprint density at radius 3 is 2.30 bits per heavy atom. The van der Waals surface area contributed by atoms with Gasteiger partial charge >= 0.3 is 11.1 Å². The van der Waals surface area contributed by atoms with E-state index in [4.69, 9.17) is 11.6 Å². The van der Waals surface area contributed by atoms with Gasteiger partial charge in [-0.2, -0.15) is 0 Å². The number of sulfonamides is 1. The second-order valence-electron chi connectivity index (χ2n) is 7.65. The van der Waals surface area contributed by atoms with Gasteiger partial charge in [-0.1, -0.05) is 29.8 Å². The Hall–Kier alpha value is -3.82. The molecule has 0 radical (unpaired) electrons. The molecule has 0 aliphatic rings. The average molecular weight is 481 g/mol. The van der Waals surface area contributed by atoms with Crippen molar-refractivity contribution in [2.24, 2.45) is 0 Å². The summed E-state index contributed by atoms with van der Waals surface area (Å²) >= 11 is 6.49. The largest absolute Gasteiger partial charge is 0.361 e. The van der Waals surface area contributed by atoms with Gasteiger partial charge in [-0.15, -0.1) is 0 Å². The number of aryl methyl sites for hydroxylation is 1. The molecule has 2 heterocycles. The highest BCUT2D eigenvalue weighted by Crippen LogP contribution is 2.33. The van der Waals surface area contributed by atoms with Crippen molar-refractivity contribution < 1.29 is 8.42 Å². The first-order valence-corrected chi connectivity index (χ1v) is 11.7. The lowest BCUT2D eigenvalue weighted by Crippen LogP contribution is -2.29. The molecule has 0 atom stereocenters. The fourth-order valence-electron chi connectivity index (χ4n) is 3.78. The van der Waals surface area contributed by atoms with Crippen molar-refractivity contribution in [3.8, 4) is 11.1 Å². The number of nitrogens with one attached hydrogen (secondary N) is 4. The highest BCUT2D eigenvalue weighted by molar-refractivity contribution is 7.92. The lowest BCUT2D eigenvalue weighted by molar-refractivity contribution is 0.600. The van der Waals surface area contributed by atoms with Gasteiger partial charge in [0.05, 0.1) is 26.6 Å². The van der Waals surface area contributed by atoms with Crippen molar-refractivity contribution in [2.45, 2.75) is 11.8 Å². The third kappa shape index (κ3) is 3.81. The molecule has 8 nitrogen and oxygen atoms in total. The summed E-state index contributed by atoms with van der Waals surface area (Å²) in [5.74, 6) is 0. The molecular weight excluding hydrogens is 464 g/mol. The van der Waals surface area contributed by atoms with Crippen LogP contribution in [0.5, 0.6) is 0 Å². The number of benzene rings is 3. The zero-order chi connectivity index (χ0) is 23.3. The number of hydrogen-bond acceptors (Lipinski definition) is 4. The number of hydrogen-bond donors (Lipinski definition) is 4. The van der Waals surface area contributed by atoms with Crippen molar-refractivity contribution in [1.29, 1.82) is 0 Å². The van der Waals surface area contributed by atoms with Gasteiger partial charge in [0.2, 0.25) is 0 Å². The maximum atomic E-state index is 13.1. The normalized spacial score (nSPS) is 11.8. The fourth-order valence-corrected chi connectivity index (χ4v) is 5.37. The van der Waals surface area contributed by atoms with E-state index in [1.807, 2.05) is 30.5 Å². The zero-order valence-electron chi connectivity index (χ0n) is 17.2. The van der Waals surface area contributed by atoms with Crippen molar-refractivity contribution in [3.63, 3.8) is 0 Å². The van der Waals surface area contributed by atoms with Crippen LogP contribution in [0.4, 0.5) is 5.69 Å². The minimum Gasteiger partial charge on any atom is -0.361 e. The summed E-state index contributed by atoms with van der Waals surface area (Å²) in [6, 6.07) is 15.6. The lowest BCUT2D eigenvalue weighted by atomic mass is 10.0. The topological polar surface area (TPSA) is 128 Å². The highest BCUT2D eigenvalue weighted by atomic mass is 35.5. The molecular formula is C23H17ClN4O4S. The molecule has 0 aliphatic carbocycles. The minimum atomic E-state index is -4.00. The number of aromatic nitrogens is 3. The van der Waals surface area contributed by atoms with Gasteiger partial charge in [0.25, 0.3) is 10.0 Å². The molecule has 10 heteroatoms. The van der Waals surface area contributed by atoms with Crippen molar-refractivity contribution in [1.82, 2.24) is 15.0 Å². The van der Waals surface area contributed by atoms with Crippen LogP contribution in [0.1, 0.15) is 5.56 Å². The number of H-pyrrole nitrogens is 3. The predicted octanol–water partition coefficient (Wildman–Crippen LogP) is 4.13. The molecule has 0 fully saturated rings. The monoisotopic (exact) mass is 480 g/mol. The summed E-state index contributed by atoms with van der Waals surface area (Å²) in [5, 5.41) is 1.47. The number of rotatable bonds is 4. The number of halogens is 1. The Balaban J connectivity index is 1.50. The molecule has 0 amide bonds. The number of anilines is 1. The van der Waals surface area contributed by atoms with Crippen molar-refractivity contribution in [3.05, 3.63) is 92.1 Å². The van der Waals surface area contributed by atoms with Gasteiger partial charge < -0.3 is 15.0 Å². The summed E-state index contributed by atoms with van der Waals surface area (Å²) < 4.78 is 28.7. The quantitative estimate of drug-likeness (QED) is 0.288. The Labute approximate surface area is 192 Å². The molecule has 166 valence electrons.